The third-order valence-electron chi connectivity index (χ3n) is 5.49. The second-order valence-corrected chi connectivity index (χ2v) is 8.52. The average Bonchev–Trinajstić information content (AvgIpc) is 2.91. The number of thiophene rings is 1. The van der Waals surface area contributed by atoms with Crippen molar-refractivity contribution in [3.63, 3.8) is 0 Å². The molecule has 1 N–H and O–H groups in total. The first kappa shape index (κ1) is 17.2. The Kier molecular flexibility index (Phi) is 5.20. The molecule has 3 heterocycles. The van der Waals surface area contributed by atoms with Crippen LogP contribution in [0.15, 0.2) is 0 Å². The lowest BCUT2D eigenvalue weighted by molar-refractivity contribution is 0.0331. The van der Waals surface area contributed by atoms with Gasteiger partial charge in [0.25, 0.3) is 0 Å². The van der Waals surface area contributed by atoms with E-state index < -0.39 is 0 Å². The Balaban J connectivity index is 1.64. The van der Waals surface area contributed by atoms with E-state index in [1.54, 1.807) is 11.3 Å². The monoisotopic (exact) mass is 360 g/mol. The molecule has 0 atom stereocenters. The summed E-state index contributed by atoms with van der Waals surface area (Å²) in [5, 5.41) is 5.00. The lowest BCUT2D eigenvalue weighted by Crippen LogP contribution is -2.36. The van der Waals surface area contributed by atoms with Crippen LogP contribution in [0.5, 0.6) is 0 Å². The van der Waals surface area contributed by atoms with Gasteiger partial charge in [-0.1, -0.05) is 19.3 Å². The Morgan fingerprint density at radius 2 is 1.88 bits per heavy atom. The topological polar surface area (TPSA) is 50.3 Å². The Morgan fingerprint density at radius 1 is 1.12 bits per heavy atom. The highest BCUT2D eigenvalue weighted by molar-refractivity contribution is 7.18. The van der Waals surface area contributed by atoms with Crippen LogP contribution in [-0.4, -0.2) is 47.2 Å². The minimum atomic E-state index is 0.558. The highest BCUT2D eigenvalue weighted by Gasteiger charge is 2.20. The SMILES string of the molecule is Cc1sc2nc(CN3CCOCC3)nc(NC3CCCCC3)c2c1C. The Morgan fingerprint density at radius 3 is 2.64 bits per heavy atom. The van der Waals surface area contributed by atoms with Crippen molar-refractivity contribution in [2.45, 2.75) is 58.5 Å². The zero-order valence-electron chi connectivity index (χ0n) is 15.3. The van der Waals surface area contributed by atoms with Gasteiger partial charge in [-0.3, -0.25) is 4.90 Å². The van der Waals surface area contributed by atoms with Crippen molar-refractivity contribution in [2.75, 3.05) is 31.6 Å². The molecule has 1 saturated carbocycles. The third kappa shape index (κ3) is 3.81. The molecule has 136 valence electrons. The molecule has 5 nitrogen and oxygen atoms in total. The number of anilines is 1. The minimum Gasteiger partial charge on any atom is -0.379 e. The van der Waals surface area contributed by atoms with Crippen LogP contribution in [-0.2, 0) is 11.3 Å². The summed E-state index contributed by atoms with van der Waals surface area (Å²) in [6, 6.07) is 0.558. The number of hydrogen-bond donors (Lipinski definition) is 1. The summed E-state index contributed by atoms with van der Waals surface area (Å²) < 4.78 is 5.46. The largest absolute Gasteiger partial charge is 0.379 e. The van der Waals surface area contributed by atoms with Gasteiger partial charge in [0.05, 0.1) is 25.1 Å². The summed E-state index contributed by atoms with van der Waals surface area (Å²) >= 11 is 1.80. The summed E-state index contributed by atoms with van der Waals surface area (Å²) in [6.07, 6.45) is 6.54. The van der Waals surface area contributed by atoms with Crippen LogP contribution in [0.2, 0.25) is 0 Å². The number of aryl methyl sites for hydroxylation is 2. The number of nitrogens with zero attached hydrogens (tertiary/aromatic N) is 3. The van der Waals surface area contributed by atoms with Crippen molar-refractivity contribution < 1.29 is 4.74 Å². The molecule has 2 fully saturated rings. The van der Waals surface area contributed by atoms with E-state index in [0.717, 1.165) is 49.3 Å². The summed E-state index contributed by atoms with van der Waals surface area (Å²) in [4.78, 5) is 14.7. The van der Waals surface area contributed by atoms with E-state index in [-0.39, 0.29) is 0 Å². The predicted octanol–water partition coefficient (Wildman–Crippen LogP) is 3.88. The number of aromatic nitrogens is 2. The molecule has 25 heavy (non-hydrogen) atoms. The standard InChI is InChI=1S/C19H28N4OS/c1-13-14(2)25-19-17(13)18(20-15-6-4-3-5-7-15)21-16(22-19)12-23-8-10-24-11-9-23/h15H,3-12H2,1-2H3,(H,20,21,22). The number of morpholine rings is 1. The van der Waals surface area contributed by atoms with Gasteiger partial charge < -0.3 is 10.1 Å². The molecule has 4 rings (SSSR count). The summed E-state index contributed by atoms with van der Waals surface area (Å²) in [5.41, 5.74) is 1.33. The van der Waals surface area contributed by atoms with E-state index in [2.05, 4.69) is 24.1 Å². The Hall–Kier alpha value is -1.24. The van der Waals surface area contributed by atoms with Gasteiger partial charge in [-0.2, -0.15) is 0 Å². The molecule has 1 aliphatic carbocycles. The number of rotatable bonds is 4. The average molecular weight is 361 g/mol. The fourth-order valence-corrected chi connectivity index (χ4v) is 4.92. The first-order chi connectivity index (χ1) is 12.2. The van der Waals surface area contributed by atoms with E-state index in [4.69, 9.17) is 14.7 Å². The molecule has 0 unspecified atom stereocenters. The Bertz CT molecular complexity index is 733. The van der Waals surface area contributed by atoms with Crippen molar-refractivity contribution in [1.82, 2.24) is 14.9 Å². The van der Waals surface area contributed by atoms with Crippen molar-refractivity contribution in [3.05, 3.63) is 16.3 Å². The summed E-state index contributed by atoms with van der Waals surface area (Å²) in [6.45, 7) is 8.76. The minimum absolute atomic E-state index is 0.558. The van der Waals surface area contributed by atoms with Gasteiger partial charge in [0.2, 0.25) is 0 Å². The zero-order valence-corrected chi connectivity index (χ0v) is 16.1. The van der Waals surface area contributed by atoms with Crippen molar-refractivity contribution >= 4 is 27.4 Å². The van der Waals surface area contributed by atoms with E-state index in [1.807, 2.05) is 0 Å². The molecule has 2 aliphatic rings. The molecule has 2 aromatic heterocycles. The van der Waals surface area contributed by atoms with E-state index in [1.165, 1.54) is 47.9 Å². The van der Waals surface area contributed by atoms with Gasteiger partial charge >= 0.3 is 0 Å². The van der Waals surface area contributed by atoms with Crippen molar-refractivity contribution in [1.29, 1.82) is 0 Å². The molecule has 0 bridgehead atoms. The molecule has 0 spiro atoms. The van der Waals surface area contributed by atoms with Gasteiger partial charge in [0.1, 0.15) is 16.5 Å². The van der Waals surface area contributed by atoms with Crippen LogP contribution in [0.25, 0.3) is 10.2 Å². The molecule has 1 saturated heterocycles. The highest BCUT2D eigenvalue weighted by Crippen LogP contribution is 2.34. The maximum absolute atomic E-state index is 5.46. The molecule has 2 aromatic rings. The molecular weight excluding hydrogens is 332 g/mol. The maximum Gasteiger partial charge on any atom is 0.146 e. The smallest absolute Gasteiger partial charge is 0.146 e. The molecule has 0 amide bonds. The van der Waals surface area contributed by atoms with Crippen LogP contribution in [0.3, 0.4) is 0 Å². The second-order valence-electron chi connectivity index (χ2n) is 7.32. The summed E-state index contributed by atoms with van der Waals surface area (Å²) in [5.74, 6) is 2.00. The fraction of sp³-hybridized carbons (Fsp3) is 0.684. The number of hydrogen-bond acceptors (Lipinski definition) is 6. The summed E-state index contributed by atoms with van der Waals surface area (Å²) in [7, 11) is 0. The second kappa shape index (κ2) is 7.56. The maximum atomic E-state index is 5.46. The normalized spacial score (nSPS) is 20.2. The predicted molar refractivity (Wildman–Crippen MR) is 103 cm³/mol. The first-order valence-corrected chi connectivity index (χ1v) is 10.4. The molecule has 6 heteroatoms. The van der Waals surface area contributed by atoms with Gasteiger partial charge in [-0.05, 0) is 32.3 Å². The van der Waals surface area contributed by atoms with E-state index in [0.29, 0.717) is 6.04 Å². The first-order valence-electron chi connectivity index (χ1n) is 9.54. The number of nitrogens with one attached hydrogen (secondary N) is 1. The number of ether oxygens (including phenoxy) is 1. The van der Waals surface area contributed by atoms with E-state index in [9.17, 15) is 0 Å². The fourth-order valence-electron chi connectivity index (χ4n) is 3.87. The van der Waals surface area contributed by atoms with E-state index >= 15 is 0 Å². The van der Waals surface area contributed by atoms with Gasteiger partial charge in [0, 0.05) is 24.0 Å². The molecule has 1 aliphatic heterocycles. The zero-order chi connectivity index (χ0) is 17.2. The van der Waals surface area contributed by atoms with Crippen LogP contribution >= 0.6 is 11.3 Å². The third-order valence-corrected chi connectivity index (χ3v) is 6.59. The van der Waals surface area contributed by atoms with Crippen LogP contribution < -0.4 is 5.32 Å². The van der Waals surface area contributed by atoms with Crippen molar-refractivity contribution in [2.24, 2.45) is 0 Å². The van der Waals surface area contributed by atoms with Crippen LogP contribution in [0, 0.1) is 13.8 Å². The highest BCUT2D eigenvalue weighted by atomic mass is 32.1. The molecule has 0 radical (unpaired) electrons. The quantitative estimate of drug-likeness (QED) is 0.896. The Labute approximate surface area is 153 Å². The molecule has 0 aromatic carbocycles. The lowest BCUT2D eigenvalue weighted by atomic mass is 9.95. The lowest BCUT2D eigenvalue weighted by Gasteiger charge is -2.26. The van der Waals surface area contributed by atoms with Gasteiger partial charge in [-0.15, -0.1) is 11.3 Å². The van der Waals surface area contributed by atoms with Gasteiger partial charge in [-0.25, -0.2) is 9.97 Å². The van der Waals surface area contributed by atoms with Crippen LogP contribution in [0.4, 0.5) is 5.82 Å². The van der Waals surface area contributed by atoms with Crippen LogP contribution in [0.1, 0.15) is 48.4 Å². The molecular formula is C19H28N4OS. The van der Waals surface area contributed by atoms with Crippen molar-refractivity contribution in [3.8, 4) is 0 Å². The number of fused-ring (bicyclic) bond motifs is 1. The van der Waals surface area contributed by atoms with Gasteiger partial charge in [0.15, 0.2) is 0 Å².